The van der Waals surface area contributed by atoms with Crippen molar-refractivity contribution in [2.45, 2.75) is 0 Å². The highest BCUT2D eigenvalue weighted by molar-refractivity contribution is 6.30. The number of carbonyl (C=O) groups excluding carboxylic acids is 2. The summed E-state index contributed by atoms with van der Waals surface area (Å²) in [6, 6.07) is 15.3. The monoisotopic (exact) mass is 355 g/mol. The summed E-state index contributed by atoms with van der Waals surface area (Å²) in [5, 5.41) is 9.26. The Morgan fingerprint density at radius 3 is 2.60 bits per heavy atom. The van der Waals surface area contributed by atoms with E-state index in [2.05, 4.69) is 10.9 Å². The number of carbonyl (C=O) groups is 2. The molecule has 2 rings (SSSR count). The quantitative estimate of drug-likeness (QED) is 0.636. The molecule has 25 heavy (non-hydrogen) atoms. The van der Waals surface area contributed by atoms with Gasteiger partial charge in [-0.15, -0.1) is 0 Å². The highest BCUT2D eigenvalue weighted by atomic mass is 35.5. The summed E-state index contributed by atoms with van der Waals surface area (Å²) in [6.45, 7) is -0.274. The van der Waals surface area contributed by atoms with Crippen molar-refractivity contribution in [2.75, 3.05) is 6.61 Å². The molecule has 0 aliphatic rings. The van der Waals surface area contributed by atoms with Crippen LogP contribution in [0.5, 0.6) is 5.75 Å². The molecule has 7 heteroatoms. The summed E-state index contributed by atoms with van der Waals surface area (Å²) in [5.41, 5.74) is 5.73. The van der Waals surface area contributed by atoms with Crippen LogP contribution in [0.4, 0.5) is 0 Å². The number of nitrogens with zero attached hydrogens (tertiary/aromatic N) is 1. The van der Waals surface area contributed by atoms with Gasteiger partial charge in [0.2, 0.25) is 0 Å². The molecule has 6 nitrogen and oxygen atoms in total. The minimum atomic E-state index is -0.520. The highest BCUT2D eigenvalue weighted by Gasteiger charge is 2.04. The topological polar surface area (TPSA) is 91.2 Å². The van der Waals surface area contributed by atoms with Gasteiger partial charge < -0.3 is 4.74 Å². The lowest BCUT2D eigenvalue weighted by Crippen LogP contribution is -2.43. The molecule has 0 heterocycles. The van der Waals surface area contributed by atoms with Crippen LogP contribution in [-0.2, 0) is 9.59 Å². The van der Waals surface area contributed by atoms with Crippen LogP contribution in [0.1, 0.15) is 11.1 Å². The Bertz CT molecular complexity index is 826. The van der Waals surface area contributed by atoms with Gasteiger partial charge >= 0.3 is 0 Å². The third-order valence-corrected chi connectivity index (χ3v) is 3.19. The molecule has 2 aromatic rings. The second-order valence-electron chi connectivity index (χ2n) is 4.85. The van der Waals surface area contributed by atoms with Gasteiger partial charge in [-0.25, -0.2) is 0 Å². The van der Waals surface area contributed by atoms with Crippen LogP contribution < -0.4 is 15.6 Å². The number of nitrogens with one attached hydrogen (secondary N) is 2. The summed E-state index contributed by atoms with van der Waals surface area (Å²) in [7, 11) is 0. The van der Waals surface area contributed by atoms with Gasteiger partial charge in [-0.1, -0.05) is 23.7 Å². The first-order valence-corrected chi connectivity index (χ1v) is 7.60. The van der Waals surface area contributed by atoms with E-state index in [4.69, 9.17) is 21.6 Å². The predicted octanol–water partition coefficient (Wildman–Crippen LogP) is 2.45. The Labute approximate surface area is 149 Å². The van der Waals surface area contributed by atoms with E-state index in [-0.39, 0.29) is 6.61 Å². The number of amides is 2. The number of rotatable bonds is 5. The summed E-state index contributed by atoms with van der Waals surface area (Å²) in [4.78, 5) is 23.3. The standard InChI is InChI=1S/C18H14ClN3O3/c19-15-3-1-2-13(10-15)6-9-17(23)21-22-18(24)12-25-16-7-4-14(11-20)5-8-16/h1-10H,12H2,(H,21,23)(H,22,24). The molecule has 2 amide bonds. The molecule has 126 valence electrons. The second-order valence-corrected chi connectivity index (χ2v) is 5.29. The lowest BCUT2D eigenvalue weighted by atomic mass is 10.2. The van der Waals surface area contributed by atoms with Crippen molar-refractivity contribution < 1.29 is 14.3 Å². The van der Waals surface area contributed by atoms with Gasteiger partial charge in [0.25, 0.3) is 11.8 Å². The third-order valence-electron chi connectivity index (χ3n) is 2.95. The number of nitriles is 1. The van der Waals surface area contributed by atoms with Crippen molar-refractivity contribution in [2.24, 2.45) is 0 Å². The van der Waals surface area contributed by atoms with E-state index in [0.717, 1.165) is 5.56 Å². The first kappa shape index (κ1) is 18.0. The molecular weight excluding hydrogens is 342 g/mol. The van der Waals surface area contributed by atoms with E-state index in [1.165, 1.54) is 6.08 Å². The number of hydrogen-bond donors (Lipinski definition) is 2. The van der Waals surface area contributed by atoms with Crippen molar-refractivity contribution in [3.8, 4) is 11.8 Å². The SMILES string of the molecule is N#Cc1ccc(OCC(=O)NNC(=O)C=Cc2cccc(Cl)c2)cc1. The van der Waals surface area contributed by atoms with Crippen molar-refractivity contribution >= 4 is 29.5 Å². The summed E-state index contributed by atoms with van der Waals surface area (Å²) < 4.78 is 5.24. The van der Waals surface area contributed by atoms with Crippen LogP contribution in [0.15, 0.2) is 54.6 Å². The Morgan fingerprint density at radius 2 is 1.92 bits per heavy atom. The fourth-order valence-corrected chi connectivity index (χ4v) is 1.96. The number of hydrogen-bond acceptors (Lipinski definition) is 4. The molecule has 0 fully saturated rings. The van der Waals surface area contributed by atoms with Gasteiger partial charge in [0.15, 0.2) is 6.61 Å². The molecule has 0 aromatic heterocycles. The molecule has 0 radical (unpaired) electrons. The third kappa shape index (κ3) is 6.37. The normalized spacial score (nSPS) is 10.1. The van der Waals surface area contributed by atoms with Gasteiger partial charge in [-0.3, -0.25) is 20.4 Å². The minimum Gasteiger partial charge on any atom is -0.484 e. The molecule has 0 aliphatic carbocycles. The van der Waals surface area contributed by atoms with Crippen molar-refractivity contribution in [3.05, 3.63) is 70.8 Å². The van der Waals surface area contributed by atoms with Crippen LogP contribution >= 0.6 is 11.6 Å². The molecular formula is C18H14ClN3O3. The van der Waals surface area contributed by atoms with Gasteiger partial charge in [-0.05, 0) is 48.0 Å². The first-order valence-electron chi connectivity index (χ1n) is 7.22. The predicted molar refractivity (Wildman–Crippen MR) is 93.4 cm³/mol. The van der Waals surface area contributed by atoms with E-state index in [1.54, 1.807) is 54.6 Å². The number of ether oxygens (including phenoxy) is 1. The Kier molecular flexibility index (Phi) is 6.57. The Hall–Kier alpha value is -3.30. The van der Waals surface area contributed by atoms with Crippen molar-refractivity contribution in [1.82, 2.24) is 10.9 Å². The largest absolute Gasteiger partial charge is 0.484 e. The minimum absolute atomic E-state index is 0.274. The maximum absolute atomic E-state index is 11.6. The van der Waals surface area contributed by atoms with Gasteiger partial charge in [-0.2, -0.15) is 5.26 Å². The molecule has 0 atom stereocenters. The molecule has 2 aromatic carbocycles. The summed E-state index contributed by atoms with van der Waals surface area (Å²) in [5.74, 6) is -0.568. The van der Waals surface area contributed by atoms with E-state index in [9.17, 15) is 9.59 Å². The van der Waals surface area contributed by atoms with Crippen LogP contribution in [0.25, 0.3) is 6.08 Å². The van der Waals surface area contributed by atoms with Crippen molar-refractivity contribution in [3.63, 3.8) is 0 Å². The fraction of sp³-hybridized carbons (Fsp3) is 0.0556. The maximum Gasteiger partial charge on any atom is 0.276 e. The van der Waals surface area contributed by atoms with Crippen LogP contribution in [0.2, 0.25) is 5.02 Å². The zero-order valence-electron chi connectivity index (χ0n) is 13.0. The van der Waals surface area contributed by atoms with Crippen LogP contribution in [0.3, 0.4) is 0 Å². The van der Waals surface area contributed by atoms with E-state index < -0.39 is 11.8 Å². The number of benzene rings is 2. The van der Waals surface area contributed by atoms with E-state index >= 15 is 0 Å². The van der Waals surface area contributed by atoms with Crippen LogP contribution in [-0.4, -0.2) is 18.4 Å². The molecule has 0 saturated carbocycles. The number of hydrazine groups is 1. The number of halogens is 1. The molecule has 0 bridgehead atoms. The van der Waals surface area contributed by atoms with E-state index in [0.29, 0.717) is 16.3 Å². The highest BCUT2D eigenvalue weighted by Crippen LogP contribution is 2.12. The maximum atomic E-state index is 11.6. The first-order chi connectivity index (χ1) is 12.1. The Balaban J connectivity index is 1.73. The van der Waals surface area contributed by atoms with Crippen LogP contribution in [0, 0.1) is 11.3 Å². The lowest BCUT2D eigenvalue weighted by Gasteiger charge is -2.07. The van der Waals surface area contributed by atoms with Gasteiger partial charge in [0.1, 0.15) is 5.75 Å². The molecule has 0 unspecified atom stereocenters. The molecule has 2 N–H and O–H groups in total. The zero-order valence-corrected chi connectivity index (χ0v) is 13.8. The second kappa shape index (κ2) is 9.11. The smallest absolute Gasteiger partial charge is 0.276 e. The summed E-state index contributed by atoms with van der Waals surface area (Å²) >= 11 is 5.84. The average molecular weight is 356 g/mol. The lowest BCUT2D eigenvalue weighted by molar-refractivity contribution is -0.128. The van der Waals surface area contributed by atoms with Gasteiger partial charge in [0, 0.05) is 11.1 Å². The molecule has 0 spiro atoms. The summed E-state index contributed by atoms with van der Waals surface area (Å²) in [6.07, 6.45) is 2.84. The van der Waals surface area contributed by atoms with Crippen molar-refractivity contribution in [1.29, 1.82) is 5.26 Å². The zero-order chi connectivity index (χ0) is 18.1. The average Bonchev–Trinajstić information content (AvgIpc) is 2.63. The fourth-order valence-electron chi connectivity index (χ4n) is 1.77. The van der Waals surface area contributed by atoms with Gasteiger partial charge in [0.05, 0.1) is 11.6 Å². The Morgan fingerprint density at radius 1 is 1.16 bits per heavy atom. The van der Waals surface area contributed by atoms with E-state index in [1.807, 2.05) is 6.07 Å². The molecule has 0 aliphatic heterocycles. The molecule has 0 saturated heterocycles.